The molecule has 0 fully saturated rings. The first kappa shape index (κ1) is 37.4. The Balaban J connectivity index is 1.56. The molecule has 0 heterocycles. The average molecular weight is 745 g/mol. The van der Waals surface area contributed by atoms with Gasteiger partial charge in [0.2, 0.25) is 11.8 Å². The maximum absolute atomic E-state index is 14.7. The lowest BCUT2D eigenvalue weighted by Crippen LogP contribution is -2.54. The van der Waals surface area contributed by atoms with Crippen LogP contribution in [-0.4, -0.2) is 43.8 Å². The highest BCUT2D eigenvalue weighted by Crippen LogP contribution is 2.29. The van der Waals surface area contributed by atoms with Gasteiger partial charge >= 0.3 is 0 Å². The summed E-state index contributed by atoms with van der Waals surface area (Å²) < 4.78 is 35.6. The Bertz CT molecular complexity index is 2020. The van der Waals surface area contributed by atoms with E-state index in [1.165, 1.54) is 17.0 Å². The van der Waals surface area contributed by atoms with Crippen molar-refractivity contribution < 1.29 is 22.7 Å². The molecule has 0 bridgehead atoms. The van der Waals surface area contributed by atoms with Crippen molar-refractivity contribution in [3.8, 4) is 11.5 Å². The lowest BCUT2D eigenvalue weighted by atomic mass is 10.0. The van der Waals surface area contributed by atoms with Crippen LogP contribution >= 0.6 is 23.2 Å². The summed E-state index contributed by atoms with van der Waals surface area (Å²) in [4.78, 5) is 30.2. The molecule has 0 aliphatic carbocycles. The Morgan fingerprint density at radius 2 is 1.33 bits per heavy atom. The van der Waals surface area contributed by atoms with Gasteiger partial charge < -0.3 is 15.0 Å². The monoisotopic (exact) mass is 743 g/mol. The maximum atomic E-state index is 14.7. The van der Waals surface area contributed by atoms with Gasteiger partial charge in [0.05, 0.1) is 20.6 Å². The molecule has 2 amide bonds. The number of halogens is 2. The Kier molecular flexibility index (Phi) is 12.8. The second kappa shape index (κ2) is 17.4. The molecule has 5 aromatic carbocycles. The molecule has 51 heavy (non-hydrogen) atoms. The van der Waals surface area contributed by atoms with Crippen molar-refractivity contribution in [3.05, 3.63) is 155 Å². The number of anilines is 1. The number of rotatable bonds is 15. The van der Waals surface area contributed by atoms with Crippen molar-refractivity contribution in [2.24, 2.45) is 0 Å². The average Bonchev–Trinajstić information content (AvgIpc) is 3.14. The molecule has 1 N–H and O–H groups in total. The normalized spacial score (nSPS) is 12.4. The molecule has 0 unspecified atom stereocenters. The highest BCUT2D eigenvalue weighted by Gasteiger charge is 2.35. The van der Waals surface area contributed by atoms with Crippen LogP contribution in [0.15, 0.2) is 138 Å². The smallest absolute Gasteiger partial charge is 0.264 e. The van der Waals surface area contributed by atoms with Gasteiger partial charge in [-0.05, 0) is 85.1 Å². The molecule has 2 atom stereocenters. The van der Waals surface area contributed by atoms with Gasteiger partial charge in [0.15, 0.2) is 0 Å². The zero-order valence-corrected chi connectivity index (χ0v) is 30.6. The maximum Gasteiger partial charge on any atom is 0.264 e. The largest absolute Gasteiger partial charge is 0.457 e. The van der Waals surface area contributed by atoms with Crippen LogP contribution in [0.2, 0.25) is 10.0 Å². The summed E-state index contributed by atoms with van der Waals surface area (Å²) in [6.07, 6.45) is 0.866. The van der Waals surface area contributed by atoms with E-state index in [9.17, 15) is 18.0 Å². The summed E-state index contributed by atoms with van der Waals surface area (Å²) in [5, 5.41) is 3.66. The molecule has 264 valence electrons. The quantitative estimate of drug-likeness (QED) is 0.116. The minimum Gasteiger partial charge on any atom is -0.457 e. The van der Waals surface area contributed by atoms with Gasteiger partial charge in [-0.25, -0.2) is 8.42 Å². The predicted octanol–water partition coefficient (Wildman–Crippen LogP) is 8.54. The van der Waals surface area contributed by atoms with Gasteiger partial charge in [-0.3, -0.25) is 13.9 Å². The number of amides is 2. The first-order valence-electron chi connectivity index (χ1n) is 16.5. The van der Waals surface area contributed by atoms with E-state index in [2.05, 4.69) is 5.32 Å². The molecule has 0 radical (unpaired) electrons. The zero-order valence-electron chi connectivity index (χ0n) is 28.3. The van der Waals surface area contributed by atoms with Crippen LogP contribution < -0.4 is 14.4 Å². The van der Waals surface area contributed by atoms with Gasteiger partial charge in [-0.15, -0.1) is 0 Å². The molecule has 5 rings (SSSR count). The second-order valence-corrected chi connectivity index (χ2v) is 14.7. The van der Waals surface area contributed by atoms with Crippen LogP contribution in [0.3, 0.4) is 0 Å². The fourth-order valence-corrected chi connectivity index (χ4v) is 7.14. The molecule has 0 aliphatic rings. The number of para-hydroxylation sites is 1. The summed E-state index contributed by atoms with van der Waals surface area (Å²) in [7, 11) is -4.26. The van der Waals surface area contributed by atoms with Gasteiger partial charge in [0.25, 0.3) is 10.0 Å². The van der Waals surface area contributed by atoms with Crippen molar-refractivity contribution in [1.82, 2.24) is 10.2 Å². The van der Waals surface area contributed by atoms with E-state index in [0.29, 0.717) is 28.5 Å². The Morgan fingerprint density at radius 1 is 0.745 bits per heavy atom. The molecule has 11 heteroatoms. The second-order valence-electron chi connectivity index (χ2n) is 12.0. The molecule has 5 aromatic rings. The van der Waals surface area contributed by atoms with E-state index in [-0.39, 0.29) is 40.5 Å². The lowest BCUT2D eigenvalue weighted by molar-refractivity contribution is -0.140. The lowest BCUT2D eigenvalue weighted by Gasteiger charge is -2.34. The third-order valence-electron chi connectivity index (χ3n) is 8.32. The van der Waals surface area contributed by atoms with Crippen molar-refractivity contribution in [1.29, 1.82) is 0 Å². The summed E-state index contributed by atoms with van der Waals surface area (Å²) in [6.45, 7) is 3.21. The number of carbonyl (C=O) groups is 2. The van der Waals surface area contributed by atoms with Crippen LogP contribution in [-0.2, 0) is 32.6 Å². The standard InChI is InChI=1S/C40H39Cl2N3O5S/c1-3-29(2)43-40(47)38(26-30-13-7-4-8-14-30)44(27-31-19-24-36(41)37(42)25-31)39(46)28-45(51(48,49)35-17-11-6-12-18-35)32-20-22-34(23-21-32)50-33-15-9-5-10-16-33/h4-25,29,38H,3,26-28H2,1-2H3,(H,43,47)/t29-,38+/m1/s1. The van der Waals surface area contributed by atoms with Gasteiger partial charge in [0, 0.05) is 19.0 Å². The number of ether oxygens (including phenoxy) is 1. The highest BCUT2D eigenvalue weighted by molar-refractivity contribution is 7.92. The van der Waals surface area contributed by atoms with Crippen LogP contribution in [0, 0.1) is 0 Å². The molecule has 0 saturated heterocycles. The highest BCUT2D eigenvalue weighted by atomic mass is 35.5. The molecular weight excluding hydrogens is 705 g/mol. The summed E-state index contributed by atoms with van der Waals surface area (Å²) in [5.74, 6) is 0.151. The fourth-order valence-electron chi connectivity index (χ4n) is 5.38. The van der Waals surface area contributed by atoms with Crippen LogP contribution in [0.1, 0.15) is 31.4 Å². The molecule has 0 spiro atoms. The number of benzene rings is 5. The van der Waals surface area contributed by atoms with Crippen molar-refractivity contribution >= 4 is 50.7 Å². The molecule has 0 saturated carbocycles. The van der Waals surface area contributed by atoms with Gasteiger partial charge in [-0.1, -0.05) is 103 Å². The van der Waals surface area contributed by atoms with E-state index in [0.717, 1.165) is 9.87 Å². The zero-order chi connectivity index (χ0) is 36.4. The Hall–Kier alpha value is -4.83. The topological polar surface area (TPSA) is 96.0 Å². The molecule has 0 aliphatic heterocycles. The first-order chi connectivity index (χ1) is 24.5. The third kappa shape index (κ3) is 9.91. The van der Waals surface area contributed by atoms with Crippen LogP contribution in [0.25, 0.3) is 0 Å². The molecule has 0 aromatic heterocycles. The van der Waals surface area contributed by atoms with Gasteiger partial charge in [0.1, 0.15) is 24.1 Å². The molecule has 8 nitrogen and oxygen atoms in total. The third-order valence-corrected chi connectivity index (χ3v) is 10.8. The summed E-state index contributed by atoms with van der Waals surface area (Å²) >= 11 is 12.6. The van der Waals surface area contributed by atoms with E-state index >= 15 is 0 Å². The van der Waals surface area contributed by atoms with Gasteiger partial charge in [-0.2, -0.15) is 0 Å². The predicted molar refractivity (Wildman–Crippen MR) is 203 cm³/mol. The number of sulfonamides is 1. The summed E-state index contributed by atoms with van der Waals surface area (Å²) in [6, 6.07) is 36.8. The first-order valence-corrected chi connectivity index (χ1v) is 18.7. The van der Waals surface area contributed by atoms with Crippen LogP contribution in [0.5, 0.6) is 11.5 Å². The van der Waals surface area contributed by atoms with E-state index in [4.69, 9.17) is 27.9 Å². The Labute approximate surface area is 309 Å². The SMILES string of the molecule is CC[C@@H](C)NC(=O)[C@H](Cc1ccccc1)N(Cc1ccc(Cl)c(Cl)c1)C(=O)CN(c1ccc(Oc2ccccc2)cc1)S(=O)(=O)c1ccccc1. The van der Waals surface area contributed by atoms with Crippen molar-refractivity contribution in [2.45, 2.75) is 50.2 Å². The number of carbonyl (C=O) groups excluding carboxylic acids is 2. The number of hydrogen-bond donors (Lipinski definition) is 1. The number of hydrogen-bond acceptors (Lipinski definition) is 5. The van der Waals surface area contributed by atoms with E-state index < -0.39 is 28.5 Å². The number of nitrogens with zero attached hydrogens (tertiary/aromatic N) is 2. The Morgan fingerprint density at radius 3 is 1.94 bits per heavy atom. The van der Waals surface area contributed by atoms with Crippen molar-refractivity contribution in [2.75, 3.05) is 10.8 Å². The summed E-state index contributed by atoms with van der Waals surface area (Å²) in [5.41, 5.74) is 1.69. The van der Waals surface area contributed by atoms with Crippen LogP contribution in [0.4, 0.5) is 5.69 Å². The minimum absolute atomic E-state index is 0.00814. The molecular formula is C40H39Cl2N3O5S. The van der Waals surface area contributed by atoms with E-state index in [1.807, 2.05) is 74.5 Å². The van der Waals surface area contributed by atoms with Crippen molar-refractivity contribution in [3.63, 3.8) is 0 Å². The minimum atomic E-state index is -4.26. The number of nitrogens with one attached hydrogen (secondary N) is 1. The fraction of sp³-hybridized carbons (Fsp3) is 0.200. The van der Waals surface area contributed by atoms with E-state index in [1.54, 1.807) is 60.7 Å².